The van der Waals surface area contributed by atoms with Crippen LogP contribution in [0.25, 0.3) is 0 Å². The summed E-state index contributed by atoms with van der Waals surface area (Å²) in [5.74, 6) is 0.730. The van der Waals surface area contributed by atoms with Gasteiger partial charge in [-0.05, 0) is 31.7 Å². The number of anilines is 1. The van der Waals surface area contributed by atoms with E-state index in [-0.39, 0.29) is 18.2 Å². The number of hydrogen-bond donors (Lipinski definition) is 2. The summed E-state index contributed by atoms with van der Waals surface area (Å²) in [4.78, 5) is 22.7. The smallest absolute Gasteiger partial charge is 0.315 e. The molecule has 1 aromatic heterocycles. The Hall–Kier alpha value is -1.89. The average molecular weight is 305 g/mol. The summed E-state index contributed by atoms with van der Waals surface area (Å²) in [5, 5.41) is 5.94. The van der Waals surface area contributed by atoms with Gasteiger partial charge in [0, 0.05) is 44.7 Å². The summed E-state index contributed by atoms with van der Waals surface area (Å²) < 4.78 is 5.50. The number of nitrogens with zero attached hydrogens (tertiary/aromatic N) is 3. The van der Waals surface area contributed by atoms with Crippen molar-refractivity contribution in [3.05, 3.63) is 18.5 Å². The first kappa shape index (κ1) is 15.0. The number of carbonyl (C=O) groups excluding carboxylic acids is 1. The molecule has 3 rings (SSSR count). The van der Waals surface area contributed by atoms with Gasteiger partial charge in [-0.2, -0.15) is 0 Å². The number of rotatable bonds is 4. The number of amides is 2. The lowest BCUT2D eigenvalue weighted by Gasteiger charge is -2.33. The highest BCUT2D eigenvalue weighted by Gasteiger charge is 2.23. The molecule has 120 valence electrons. The van der Waals surface area contributed by atoms with Gasteiger partial charge in [-0.25, -0.2) is 14.8 Å². The normalized spacial score (nSPS) is 25.0. The molecular formula is C15H23N5O2. The van der Waals surface area contributed by atoms with Crippen LogP contribution in [0.2, 0.25) is 0 Å². The molecule has 2 aliphatic heterocycles. The second-order valence-electron chi connectivity index (χ2n) is 5.82. The number of aromatic nitrogens is 2. The van der Waals surface area contributed by atoms with Crippen LogP contribution in [0, 0.1) is 0 Å². The fourth-order valence-electron chi connectivity index (χ4n) is 2.98. The van der Waals surface area contributed by atoms with Gasteiger partial charge >= 0.3 is 6.03 Å². The van der Waals surface area contributed by atoms with E-state index in [1.807, 2.05) is 6.07 Å². The lowest BCUT2D eigenvalue weighted by atomic mass is 10.1. The molecule has 7 heteroatoms. The van der Waals surface area contributed by atoms with Crippen LogP contribution >= 0.6 is 0 Å². The molecule has 0 aliphatic carbocycles. The van der Waals surface area contributed by atoms with E-state index in [1.54, 1.807) is 12.4 Å². The molecule has 0 saturated carbocycles. The van der Waals surface area contributed by atoms with E-state index in [4.69, 9.17) is 4.74 Å². The first-order valence-electron chi connectivity index (χ1n) is 7.99. The first-order chi connectivity index (χ1) is 10.8. The predicted octanol–water partition coefficient (Wildman–Crippen LogP) is 0.924. The van der Waals surface area contributed by atoms with E-state index in [9.17, 15) is 4.79 Å². The standard InChI is InChI=1S/C15H23N5O2/c21-15(18-10-13-5-2-9-22-13)19-12-4-1-8-20(11-12)14-16-6-3-7-17-14/h3,6-7,12-13H,1-2,4-5,8-11H2,(H2,18,19,21)/t12-,13+/m1/s1. The summed E-state index contributed by atoms with van der Waals surface area (Å²) in [6.45, 7) is 3.07. The predicted molar refractivity (Wildman–Crippen MR) is 82.8 cm³/mol. The molecule has 0 spiro atoms. The first-order valence-corrected chi connectivity index (χ1v) is 7.99. The van der Waals surface area contributed by atoms with Crippen LogP contribution in [0.3, 0.4) is 0 Å². The van der Waals surface area contributed by atoms with Gasteiger partial charge in [0.05, 0.1) is 6.10 Å². The van der Waals surface area contributed by atoms with E-state index in [0.29, 0.717) is 6.54 Å². The van der Waals surface area contributed by atoms with Gasteiger partial charge in [0.2, 0.25) is 5.95 Å². The van der Waals surface area contributed by atoms with Crippen molar-refractivity contribution in [1.82, 2.24) is 20.6 Å². The molecule has 3 heterocycles. The van der Waals surface area contributed by atoms with Crippen molar-refractivity contribution in [1.29, 1.82) is 0 Å². The maximum Gasteiger partial charge on any atom is 0.315 e. The molecule has 22 heavy (non-hydrogen) atoms. The fraction of sp³-hybridized carbons (Fsp3) is 0.667. The van der Waals surface area contributed by atoms with Crippen LogP contribution < -0.4 is 15.5 Å². The largest absolute Gasteiger partial charge is 0.376 e. The molecule has 0 unspecified atom stereocenters. The van der Waals surface area contributed by atoms with Crippen LogP contribution in [0.1, 0.15) is 25.7 Å². The second-order valence-corrected chi connectivity index (χ2v) is 5.82. The van der Waals surface area contributed by atoms with Crippen LogP contribution in [-0.4, -0.2) is 54.4 Å². The van der Waals surface area contributed by atoms with Crippen LogP contribution in [0.5, 0.6) is 0 Å². The van der Waals surface area contributed by atoms with Crippen molar-refractivity contribution in [2.75, 3.05) is 31.1 Å². The highest BCUT2D eigenvalue weighted by molar-refractivity contribution is 5.74. The molecule has 2 aliphatic rings. The Bertz CT molecular complexity index is 478. The third-order valence-electron chi connectivity index (χ3n) is 4.11. The quantitative estimate of drug-likeness (QED) is 0.865. The Kier molecular flexibility index (Phi) is 5.05. The lowest BCUT2D eigenvalue weighted by molar-refractivity contribution is 0.111. The number of piperidine rings is 1. The summed E-state index contributed by atoms with van der Waals surface area (Å²) in [6.07, 6.45) is 7.78. The third-order valence-corrected chi connectivity index (χ3v) is 4.11. The highest BCUT2D eigenvalue weighted by atomic mass is 16.5. The minimum atomic E-state index is -0.115. The van der Waals surface area contributed by atoms with Gasteiger partial charge in [-0.1, -0.05) is 0 Å². The fourth-order valence-corrected chi connectivity index (χ4v) is 2.98. The van der Waals surface area contributed by atoms with Crippen molar-refractivity contribution in [2.24, 2.45) is 0 Å². The van der Waals surface area contributed by atoms with Gasteiger partial charge in [-0.3, -0.25) is 0 Å². The van der Waals surface area contributed by atoms with E-state index in [0.717, 1.165) is 51.3 Å². The molecule has 1 aromatic rings. The zero-order chi connectivity index (χ0) is 15.2. The Labute approximate surface area is 130 Å². The van der Waals surface area contributed by atoms with E-state index < -0.39 is 0 Å². The van der Waals surface area contributed by atoms with Crippen LogP contribution in [-0.2, 0) is 4.74 Å². The summed E-state index contributed by atoms with van der Waals surface area (Å²) in [6, 6.07) is 1.82. The third kappa shape index (κ3) is 4.07. The SMILES string of the molecule is O=C(NC[C@@H]1CCCO1)N[C@@H]1CCCN(c2ncccn2)C1. The topological polar surface area (TPSA) is 79.4 Å². The maximum atomic E-state index is 12.0. The number of hydrogen-bond acceptors (Lipinski definition) is 5. The minimum absolute atomic E-state index is 0.115. The minimum Gasteiger partial charge on any atom is -0.376 e. The Morgan fingerprint density at radius 3 is 2.95 bits per heavy atom. The lowest BCUT2D eigenvalue weighted by Crippen LogP contribution is -2.51. The van der Waals surface area contributed by atoms with Gasteiger partial charge < -0.3 is 20.3 Å². The summed E-state index contributed by atoms with van der Waals surface area (Å²) >= 11 is 0. The van der Waals surface area contributed by atoms with E-state index in [1.165, 1.54) is 0 Å². The van der Waals surface area contributed by atoms with Gasteiger partial charge in [0.15, 0.2) is 0 Å². The van der Waals surface area contributed by atoms with Crippen molar-refractivity contribution in [2.45, 2.75) is 37.8 Å². The van der Waals surface area contributed by atoms with Crippen LogP contribution in [0.4, 0.5) is 10.7 Å². The molecule has 2 atom stereocenters. The van der Waals surface area contributed by atoms with Gasteiger partial charge in [-0.15, -0.1) is 0 Å². The average Bonchev–Trinajstić information content (AvgIpc) is 3.08. The van der Waals surface area contributed by atoms with Crippen molar-refractivity contribution in [3.63, 3.8) is 0 Å². The van der Waals surface area contributed by atoms with Crippen LogP contribution in [0.15, 0.2) is 18.5 Å². The second kappa shape index (κ2) is 7.40. The van der Waals surface area contributed by atoms with Crippen molar-refractivity contribution in [3.8, 4) is 0 Å². The highest BCUT2D eigenvalue weighted by Crippen LogP contribution is 2.15. The molecule has 2 fully saturated rings. The number of urea groups is 1. The summed E-state index contributed by atoms with van der Waals surface area (Å²) in [7, 11) is 0. The maximum absolute atomic E-state index is 12.0. The summed E-state index contributed by atoms with van der Waals surface area (Å²) in [5.41, 5.74) is 0. The zero-order valence-electron chi connectivity index (χ0n) is 12.7. The Morgan fingerprint density at radius 2 is 2.18 bits per heavy atom. The van der Waals surface area contributed by atoms with Gasteiger partial charge in [0.25, 0.3) is 0 Å². The van der Waals surface area contributed by atoms with Gasteiger partial charge in [0.1, 0.15) is 0 Å². The number of carbonyl (C=O) groups is 1. The molecule has 2 N–H and O–H groups in total. The molecular weight excluding hydrogens is 282 g/mol. The number of nitrogens with one attached hydrogen (secondary N) is 2. The molecule has 0 aromatic carbocycles. The van der Waals surface area contributed by atoms with Crippen molar-refractivity contribution >= 4 is 12.0 Å². The zero-order valence-corrected chi connectivity index (χ0v) is 12.7. The Morgan fingerprint density at radius 1 is 1.32 bits per heavy atom. The molecule has 0 radical (unpaired) electrons. The molecule has 2 amide bonds. The molecule has 7 nitrogen and oxygen atoms in total. The monoisotopic (exact) mass is 305 g/mol. The number of ether oxygens (including phenoxy) is 1. The van der Waals surface area contributed by atoms with E-state index in [2.05, 4.69) is 25.5 Å². The Balaban J connectivity index is 1.44. The molecule has 2 saturated heterocycles. The van der Waals surface area contributed by atoms with Crippen molar-refractivity contribution < 1.29 is 9.53 Å². The molecule has 0 bridgehead atoms. The van der Waals surface area contributed by atoms with E-state index >= 15 is 0 Å².